The van der Waals surface area contributed by atoms with Gasteiger partial charge in [0.25, 0.3) is 0 Å². The number of carbonyl (C=O) groups excluding carboxylic acids is 2. The van der Waals surface area contributed by atoms with E-state index in [-0.39, 0.29) is 17.7 Å². The maximum Gasteiger partial charge on any atom is 0.143 e. The van der Waals surface area contributed by atoms with Crippen LogP contribution in [0, 0.1) is 5.41 Å². The zero-order chi connectivity index (χ0) is 15.9. The minimum atomic E-state index is -0.874. The van der Waals surface area contributed by atoms with Gasteiger partial charge in [-0.1, -0.05) is 51.2 Å². The third-order valence-electron chi connectivity index (χ3n) is 4.62. The highest BCUT2D eigenvalue weighted by molar-refractivity contribution is 6.04. The highest BCUT2D eigenvalue weighted by Gasteiger charge is 2.37. The summed E-state index contributed by atoms with van der Waals surface area (Å²) < 4.78 is 5.60. The smallest absolute Gasteiger partial charge is 0.143 e. The average Bonchev–Trinajstić information content (AvgIpc) is 3.16. The number of epoxide rings is 1. The number of carbonyl (C=O) groups is 2. The molecule has 0 saturated carbocycles. The van der Waals surface area contributed by atoms with Crippen molar-refractivity contribution in [1.29, 1.82) is 0 Å². The maximum atomic E-state index is 11.6. The van der Waals surface area contributed by atoms with Crippen molar-refractivity contribution in [2.45, 2.75) is 84.8 Å². The highest BCUT2D eigenvalue weighted by Crippen LogP contribution is 2.30. The van der Waals surface area contributed by atoms with E-state index in [1.165, 1.54) is 46.0 Å². The van der Waals surface area contributed by atoms with Crippen LogP contribution in [0.15, 0.2) is 12.2 Å². The van der Waals surface area contributed by atoms with E-state index in [2.05, 4.69) is 6.92 Å². The molecular weight excluding hydrogens is 264 g/mol. The molecule has 2 unspecified atom stereocenters. The summed E-state index contributed by atoms with van der Waals surface area (Å²) in [4.78, 5) is 23.2. The summed E-state index contributed by atoms with van der Waals surface area (Å²) in [6.07, 6.45) is 12.5. The summed E-state index contributed by atoms with van der Waals surface area (Å²) in [6.45, 7) is 6.92. The van der Waals surface area contributed by atoms with Crippen LogP contribution in [-0.4, -0.2) is 23.8 Å². The van der Waals surface area contributed by atoms with Crippen molar-refractivity contribution < 1.29 is 14.3 Å². The number of ether oxygens (including phenoxy) is 1. The Labute approximate surface area is 129 Å². The zero-order valence-corrected chi connectivity index (χ0v) is 14.0. The molecule has 1 rings (SSSR count). The fourth-order valence-corrected chi connectivity index (χ4v) is 2.48. The number of Topliss-reactive ketones (excluding diaryl/α,β-unsaturated/α-hetero) is 2. The van der Waals surface area contributed by atoms with Gasteiger partial charge in [-0.3, -0.25) is 9.59 Å². The van der Waals surface area contributed by atoms with Gasteiger partial charge in [0.05, 0.1) is 11.5 Å². The van der Waals surface area contributed by atoms with Gasteiger partial charge in [0, 0.05) is 0 Å². The van der Waals surface area contributed by atoms with Gasteiger partial charge >= 0.3 is 0 Å². The Morgan fingerprint density at radius 2 is 1.71 bits per heavy atom. The van der Waals surface area contributed by atoms with Crippen LogP contribution >= 0.6 is 0 Å². The molecule has 0 radical (unpaired) electrons. The number of hydrogen-bond donors (Lipinski definition) is 0. The van der Waals surface area contributed by atoms with Crippen LogP contribution in [0.5, 0.6) is 0 Å². The minimum absolute atomic E-state index is 0.0659. The highest BCUT2D eigenvalue weighted by atomic mass is 16.6. The number of hydrogen-bond acceptors (Lipinski definition) is 3. The van der Waals surface area contributed by atoms with Crippen molar-refractivity contribution >= 4 is 11.6 Å². The molecule has 1 saturated heterocycles. The first-order valence-corrected chi connectivity index (χ1v) is 8.26. The summed E-state index contributed by atoms with van der Waals surface area (Å²) in [5.41, 5.74) is -0.874. The lowest BCUT2D eigenvalue weighted by atomic mass is 9.79. The SMILES string of the molecule is CCCCCCCC1OC1/C=C/CC(C)(C(C)=O)C(C)=O. The van der Waals surface area contributed by atoms with Crippen LogP contribution in [0.3, 0.4) is 0 Å². The summed E-state index contributed by atoms with van der Waals surface area (Å²) >= 11 is 0. The lowest BCUT2D eigenvalue weighted by Gasteiger charge is -2.21. The van der Waals surface area contributed by atoms with E-state index in [1.807, 2.05) is 12.2 Å². The third kappa shape index (κ3) is 5.74. The van der Waals surface area contributed by atoms with Crippen molar-refractivity contribution in [3.05, 3.63) is 12.2 Å². The van der Waals surface area contributed by atoms with Crippen LogP contribution in [0.1, 0.15) is 72.6 Å². The quantitative estimate of drug-likeness (QED) is 0.248. The number of rotatable bonds is 11. The van der Waals surface area contributed by atoms with Crippen LogP contribution in [-0.2, 0) is 14.3 Å². The second-order valence-electron chi connectivity index (χ2n) is 6.42. The minimum Gasteiger partial charge on any atom is -0.365 e. The zero-order valence-electron chi connectivity index (χ0n) is 14.0. The first-order chi connectivity index (χ1) is 9.91. The number of allylic oxidation sites excluding steroid dienone is 1. The normalized spacial score (nSPS) is 21.7. The van der Waals surface area contributed by atoms with Crippen molar-refractivity contribution in [3.63, 3.8) is 0 Å². The summed E-state index contributed by atoms with van der Waals surface area (Å²) in [7, 11) is 0. The second kappa shape index (κ2) is 8.47. The van der Waals surface area contributed by atoms with Crippen molar-refractivity contribution in [3.8, 4) is 0 Å². The Morgan fingerprint density at radius 3 is 2.29 bits per heavy atom. The van der Waals surface area contributed by atoms with Crippen LogP contribution in [0.2, 0.25) is 0 Å². The molecule has 120 valence electrons. The summed E-state index contributed by atoms with van der Waals surface area (Å²) in [6, 6.07) is 0. The Morgan fingerprint density at radius 1 is 1.10 bits per heavy atom. The summed E-state index contributed by atoms with van der Waals surface area (Å²) in [5.74, 6) is -0.132. The Bertz CT molecular complexity index is 370. The Kier molecular flexibility index (Phi) is 7.30. The summed E-state index contributed by atoms with van der Waals surface area (Å²) in [5, 5.41) is 0. The fraction of sp³-hybridized carbons (Fsp3) is 0.778. The molecular formula is C18H30O3. The third-order valence-corrected chi connectivity index (χ3v) is 4.62. The number of unbranched alkanes of at least 4 members (excludes halogenated alkanes) is 4. The van der Waals surface area contributed by atoms with E-state index in [0.29, 0.717) is 12.5 Å². The average molecular weight is 294 g/mol. The molecule has 3 heteroatoms. The molecule has 0 N–H and O–H groups in total. The molecule has 0 aliphatic carbocycles. The van der Waals surface area contributed by atoms with E-state index in [4.69, 9.17) is 4.74 Å². The first kappa shape index (κ1) is 18.1. The lowest BCUT2D eigenvalue weighted by molar-refractivity contribution is -0.137. The monoisotopic (exact) mass is 294 g/mol. The molecule has 0 amide bonds. The molecule has 0 spiro atoms. The van der Waals surface area contributed by atoms with Crippen LogP contribution < -0.4 is 0 Å². The standard InChI is InChI=1S/C18H30O3/c1-5-6-7-8-9-11-16-17(21-16)12-10-13-18(4,14(2)19)15(3)20/h10,12,16-17H,5-9,11,13H2,1-4H3/b12-10+. The molecule has 0 aromatic heterocycles. The first-order valence-electron chi connectivity index (χ1n) is 8.26. The Balaban J connectivity index is 2.24. The Hall–Kier alpha value is -0.960. The second-order valence-corrected chi connectivity index (χ2v) is 6.42. The van der Waals surface area contributed by atoms with E-state index >= 15 is 0 Å². The van der Waals surface area contributed by atoms with Gasteiger partial charge < -0.3 is 4.74 Å². The van der Waals surface area contributed by atoms with Gasteiger partial charge in [-0.05, 0) is 33.6 Å². The molecule has 21 heavy (non-hydrogen) atoms. The lowest BCUT2D eigenvalue weighted by Crippen LogP contribution is -2.32. The van der Waals surface area contributed by atoms with Crippen molar-refractivity contribution in [1.82, 2.24) is 0 Å². The molecule has 1 fully saturated rings. The van der Waals surface area contributed by atoms with E-state index in [9.17, 15) is 9.59 Å². The molecule has 1 aliphatic rings. The predicted octanol–water partition coefficient (Wildman–Crippen LogP) is 4.24. The fourth-order valence-electron chi connectivity index (χ4n) is 2.48. The molecule has 0 aromatic rings. The van der Waals surface area contributed by atoms with Gasteiger partial charge in [0.2, 0.25) is 0 Å². The van der Waals surface area contributed by atoms with Crippen molar-refractivity contribution in [2.75, 3.05) is 0 Å². The number of ketones is 2. The van der Waals surface area contributed by atoms with E-state index < -0.39 is 5.41 Å². The van der Waals surface area contributed by atoms with E-state index in [0.717, 1.165) is 6.42 Å². The van der Waals surface area contributed by atoms with Gasteiger partial charge in [0.15, 0.2) is 0 Å². The molecule has 2 atom stereocenters. The van der Waals surface area contributed by atoms with Crippen LogP contribution in [0.4, 0.5) is 0 Å². The molecule has 3 nitrogen and oxygen atoms in total. The predicted molar refractivity (Wildman–Crippen MR) is 85.3 cm³/mol. The van der Waals surface area contributed by atoms with Crippen LogP contribution in [0.25, 0.3) is 0 Å². The molecule has 1 aliphatic heterocycles. The maximum absolute atomic E-state index is 11.6. The van der Waals surface area contributed by atoms with Gasteiger partial charge in [0.1, 0.15) is 17.7 Å². The largest absolute Gasteiger partial charge is 0.365 e. The van der Waals surface area contributed by atoms with Gasteiger partial charge in [-0.15, -0.1) is 0 Å². The van der Waals surface area contributed by atoms with Crippen molar-refractivity contribution in [2.24, 2.45) is 5.41 Å². The van der Waals surface area contributed by atoms with E-state index in [1.54, 1.807) is 6.92 Å². The molecule has 0 bridgehead atoms. The van der Waals surface area contributed by atoms with Gasteiger partial charge in [-0.2, -0.15) is 0 Å². The topological polar surface area (TPSA) is 46.7 Å². The molecule has 1 heterocycles. The molecule has 0 aromatic carbocycles. The van der Waals surface area contributed by atoms with Gasteiger partial charge in [-0.25, -0.2) is 0 Å².